The molecule has 1 aromatic carbocycles. The van der Waals surface area contributed by atoms with E-state index in [1.165, 1.54) is 11.3 Å². The molecule has 0 spiro atoms. The zero-order valence-electron chi connectivity index (χ0n) is 18.5. The number of carbonyl (C=O) groups excluding carboxylic acids is 2. The summed E-state index contributed by atoms with van der Waals surface area (Å²) in [7, 11) is 0. The van der Waals surface area contributed by atoms with Crippen molar-refractivity contribution in [3.05, 3.63) is 83.4 Å². The minimum atomic E-state index is -0.117. The average molecular weight is 428 g/mol. The number of hydrogen-bond acceptors (Lipinski definition) is 3. The summed E-state index contributed by atoms with van der Waals surface area (Å²) in [5.41, 5.74) is 4.59. The maximum atomic E-state index is 13.1. The second-order valence-electron chi connectivity index (χ2n) is 9.30. The highest BCUT2D eigenvalue weighted by molar-refractivity contribution is 6.04. The van der Waals surface area contributed by atoms with Gasteiger partial charge in [-0.05, 0) is 62.3 Å². The van der Waals surface area contributed by atoms with Gasteiger partial charge in [0.25, 0.3) is 5.91 Å². The van der Waals surface area contributed by atoms with Gasteiger partial charge in [0.15, 0.2) is 0 Å². The number of hydrogen-bond donors (Lipinski definition) is 1. The van der Waals surface area contributed by atoms with Crippen LogP contribution >= 0.6 is 0 Å². The Hall–Kier alpha value is -3.21. The van der Waals surface area contributed by atoms with E-state index in [-0.39, 0.29) is 11.3 Å². The number of benzene rings is 1. The summed E-state index contributed by atoms with van der Waals surface area (Å²) >= 11 is 0. The van der Waals surface area contributed by atoms with Crippen LogP contribution in [0.2, 0.25) is 0 Å². The van der Waals surface area contributed by atoms with E-state index >= 15 is 0 Å². The third-order valence-electron chi connectivity index (χ3n) is 7.34. The van der Waals surface area contributed by atoms with E-state index in [2.05, 4.69) is 45.2 Å². The van der Waals surface area contributed by atoms with Crippen LogP contribution in [0.25, 0.3) is 0 Å². The number of rotatable bonds is 4. The molecule has 1 fully saturated rings. The molecule has 2 aliphatic rings. The van der Waals surface area contributed by atoms with Crippen LogP contribution in [0, 0.1) is 12.8 Å². The van der Waals surface area contributed by atoms with Crippen LogP contribution in [0.5, 0.6) is 0 Å². The van der Waals surface area contributed by atoms with Crippen molar-refractivity contribution >= 4 is 17.4 Å². The number of ketones is 1. The van der Waals surface area contributed by atoms with E-state index in [0.717, 1.165) is 43.6 Å². The topological polar surface area (TPSA) is 64.0 Å². The molecule has 1 aliphatic heterocycles. The van der Waals surface area contributed by atoms with E-state index in [9.17, 15) is 9.59 Å². The number of pyridine rings is 1. The third-order valence-corrected chi connectivity index (χ3v) is 7.34. The van der Waals surface area contributed by atoms with E-state index < -0.39 is 0 Å². The number of nitrogens with zero attached hydrogens (tertiary/aromatic N) is 2. The zero-order valence-corrected chi connectivity index (χ0v) is 18.5. The molecule has 5 nitrogen and oxygen atoms in total. The molecular weight excluding hydrogens is 398 g/mol. The SMILES string of the molecule is Cc1ncccc1NC(=O)c1cc2n(c1)CCCC1CC(=O)CCC21Cc1ccccc1. The van der Waals surface area contributed by atoms with E-state index in [4.69, 9.17) is 0 Å². The van der Waals surface area contributed by atoms with Crippen LogP contribution in [-0.4, -0.2) is 21.2 Å². The molecule has 2 unspecified atom stereocenters. The lowest BCUT2D eigenvalue weighted by atomic mass is 9.60. The molecule has 1 aliphatic carbocycles. The molecule has 1 N–H and O–H groups in total. The number of aromatic nitrogens is 2. The van der Waals surface area contributed by atoms with Crippen molar-refractivity contribution < 1.29 is 9.59 Å². The lowest BCUT2D eigenvalue weighted by Gasteiger charge is -2.43. The lowest BCUT2D eigenvalue weighted by Crippen LogP contribution is -2.43. The third kappa shape index (κ3) is 3.77. The first kappa shape index (κ1) is 20.7. The first-order chi connectivity index (χ1) is 15.5. The smallest absolute Gasteiger partial charge is 0.257 e. The highest BCUT2D eigenvalue weighted by atomic mass is 16.1. The maximum Gasteiger partial charge on any atom is 0.257 e. The number of aryl methyl sites for hydroxylation is 2. The summed E-state index contributed by atoms with van der Waals surface area (Å²) in [6, 6.07) is 16.4. The highest BCUT2D eigenvalue weighted by Gasteiger charge is 2.47. The van der Waals surface area contributed by atoms with Gasteiger partial charge in [-0.25, -0.2) is 0 Å². The van der Waals surface area contributed by atoms with Gasteiger partial charge in [0.05, 0.1) is 16.9 Å². The molecule has 32 heavy (non-hydrogen) atoms. The Kier molecular flexibility index (Phi) is 5.41. The monoisotopic (exact) mass is 427 g/mol. The molecule has 3 heterocycles. The summed E-state index contributed by atoms with van der Waals surface area (Å²) in [6.45, 7) is 2.78. The second-order valence-corrected chi connectivity index (χ2v) is 9.30. The number of Topliss-reactive ketones (excluding diaryl/α,β-unsaturated/α-hetero) is 1. The van der Waals surface area contributed by atoms with Gasteiger partial charge < -0.3 is 9.88 Å². The lowest BCUT2D eigenvalue weighted by molar-refractivity contribution is -0.123. The number of fused-ring (bicyclic) bond motifs is 3. The van der Waals surface area contributed by atoms with Crippen LogP contribution < -0.4 is 5.32 Å². The summed E-state index contributed by atoms with van der Waals surface area (Å²) < 4.78 is 2.28. The Morgan fingerprint density at radius 2 is 2.06 bits per heavy atom. The van der Waals surface area contributed by atoms with Gasteiger partial charge in [-0.1, -0.05) is 30.3 Å². The second kappa shape index (κ2) is 8.38. The molecule has 1 saturated carbocycles. The van der Waals surface area contributed by atoms with Crippen molar-refractivity contribution in [3.8, 4) is 0 Å². The van der Waals surface area contributed by atoms with Gasteiger partial charge in [-0.3, -0.25) is 14.6 Å². The van der Waals surface area contributed by atoms with Gasteiger partial charge in [-0.2, -0.15) is 0 Å². The Morgan fingerprint density at radius 3 is 2.88 bits per heavy atom. The van der Waals surface area contributed by atoms with E-state index in [1.54, 1.807) is 6.20 Å². The summed E-state index contributed by atoms with van der Waals surface area (Å²) in [4.78, 5) is 29.8. The van der Waals surface area contributed by atoms with Crippen LogP contribution in [0.4, 0.5) is 5.69 Å². The molecule has 5 rings (SSSR count). The predicted octanol–water partition coefficient (Wildman–Crippen LogP) is 5.09. The van der Waals surface area contributed by atoms with Crippen LogP contribution in [-0.2, 0) is 23.2 Å². The first-order valence-corrected chi connectivity index (χ1v) is 11.5. The normalized spacial score (nSPS) is 22.5. The highest BCUT2D eigenvalue weighted by Crippen LogP contribution is 2.49. The maximum absolute atomic E-state index is 13.1. The largest absolute Gasteiger partial charge is 0.350 e. The summed E-state index contributed by atoms with van der Waals surface area (Å²) in [5, 5.41) is 3.02. The minimum Gasteiger partial charge on any atom is -0.350 e. The minimum absolute atomic E-state index is 0.111. The Balaban J connectivity index is 1.53. The number of amides is 1. The Morgan fingerprint density at radius 1 is 1.22 bits per heavy atom. The van der Waals surface area contributed by atoms with Crippen molar-refractivity contribution in [2.75, 3.05) is 5.32 Å². The molecule has 3 aromatic rings. The number of anilines is 1. The fourth-order valence-corrected chi connectivity index (χ4v) is 5.70. The van der Waals surface area contributed by atoms with Crippen LogP contribution in [0.3, 0.4) is 0 Å². The van der Waals surface area contributed by atoms with Gasteiger partial charge in [0.1, 0.15) is 5.78 Å². The van der Waals surface area contributed by atoms with Crippen LogP contribution in [0.1, 0.15) is 59.4 Å². The first-order valence-electron chi connectivity index (χ1n) is 11.5. The molecule has 2 aromatic heterocycles. The molecule has 0 radical (unpaired) electrons. The zero-order chi connectivity index (χ0) is 22.1. The molecule has 2 atom stereocenters. The molecule has 0 bridgehead atoms. The quantitative estimate of drug-likeness (QED) is 0.631. The van der Waals surface area contributed by atoms with E-state index in [0.29, 0.717) is 30.1 Å². The van der Waals surface area contributed by atoms with Gasteiger partial charge in [0.2, 0.25) is 0 Å². The van der Waals surface area contributed by atoms with Crippen molar-refractivity contribution in [2.24, 2.45) is 5.92 Å². The molecule has 5 heteroatoms. The molecular formula is C27H29N3O2. The fraction of sp³-hybridized carbons (Fsp3) is 0.370. The van der Waals surface area contributed by atoms with Crippen LogP contribution in [0.15, 0.2) is 60.9 Å². The summed E-state index contributed by atoms with van der Waals surface area (Å²) in [5.74, 6) is 0.584. The number of carbonyl (C=O) groups is 2. The van der Waals surface area contributed by atoms with Crippen molar-refractivity contribution in [1.82, 2.24) is 9.55 Å². The van der Waals surface area contributed by atoms with Crippen molar-refractivity contribution in [3.63, 3.8) is 0 Å². The fourth-order valence-electron chi connectivity index (χ4n) is 5.70. The van der Waals surface area contributed by atoms with Gasteiger partial charge >= 0.3 is 0 Å². The summed E-state index contributed by atoms with van der Waals surface area (Å²) in [6.07, 6.45) is 8.82. The predicted molar refractivity (Wildman–Crippen MR) is 125 cm³/mol. The Bertz CT molecular complexity index is 1150. The van der Waals surface area contributed by atoms with Crippen molar-refractivity contribution in [1.29, 1.82) is 0 Å². The standard InChI is InChI=1S/C27H29N3O2/c1-19-24(10-5-13-28-19)29-26(32)21-15-25-27(17-20-7-3-2-4-8-20)12-11-23(31)16-22(27)9-6-14-30(25)18-21/h2-5,7-8,10,13,15,18,22H,6,9,11-12,14,16-17H2,1H3,(H,29,32). The average Bonchev–Trinajstić information content (AvgIpc) is 3.17. The number of nitrogens with one attached hydrogen (secondary N) is 1. The van der Waals surface area contributed by atoms with E-state index in [1.807, 2.05) is 31.3 Å². The van der Waals surface area contributed by atoms with Crippen molar-refractivity contribution in [2.45, 2.75) is 57.4 Å². The molecule has 0 saturated heterocycles. The van der Waals surface area contributed by atoms with Gasteiger partial charge in [-0.15, -0.1) is 0 Å². The van der Waals surface area contributed by atoms with Gasteiger partial charge in [0, 0.05) is 42.9 Å². The molecule has 164 valence electrons. The Labute approximate surface area is 188 Å². The molecule has 1 amide bonds.